The second-order valence-corrected chi connectivity index (χ2v) is 9.09. The summed E-state index contributed by atoms with van der Waals surface area (Å²) in [5.74, 6) is 1.70. The Kier molecular flexibility index (Phi) is 6.20. The molecule has 33 heavy (non-hydrogen) atoms. The average Bonchev–Trinajstić information content (AvgIpc) is 3.10. The van der Waals surface area contributed by atoms with E-state index in [0.29, 0.717) is 5.92 Å². The lowest BCUT2D eigenvalue weighted by Crippen LogP contribution is -2.32. The Labute approximate surface area is 195 Å². The molecule has 2 aromatic carbocycles. The summed E-state index contributed by atoms with van der Waals surface area (Å²) in [6, 6.07) is 18.6. The van der Waals surface area contributed by atoms with Crippen LogP contribution in [0.5, 0.6) is 0 Å². The lowest BCUT2D eigenvalue weighted by molar-refractivity contribution is 0.0760. The van der Waals surface area contributed by atoms with Crippen molar-refractivity contribution in [2.75, 3.05) is 13.1 Å². The molecule has 2 aromatic heterocycles. The lowest BCUT2D eigenvalue weighted by atomic mass is 9.91. The van der Waals surface area contributed by atoms with Crippen LogP contribution in [0.3, 0.4) is 0 Å². The fraction of sp³-hybridized carbons (Fsp3) is 0.321. The molecule has 0 N–H and O–H groups in total. The number of hydrogen-bond donors (Lipinski definition) is 0. The molecule has 1 aliphatic rings. The molecule has 1 atom stereocenters. The number of likely N-dealkylation sites (tertiary alicyclic amines) is 1. The third kappa shape index (κ3) is 4.82. The van der Waals surface area contributed by atoms with E-state index >= 15 is 0 Å². The molecule has 5 heteroatoms. The maximum Gasteiger partial charge on any atom is 0.253 e. The van der Waals surface area contributed by atoms with Crippen LogP contribution in [0.4, 0.5) is 0 Å². The zero-order valence-corrected chi connectivity index (χ0v) is 19.2. The first-order valence-electron chi connectivity index (χ1n) is 11.9. The van der Waals surface area contributed by atoms with E-state index in [0.717, 1.165) is 67.8 Å². The van der Waals surface area contributed by atoms with Crippen LogP contribution in [0, 0.1) is 12.8 Å². The number of imidazole rings is 1. The van der Waals surface area contributed by atoms with Crippen molar-refractivity contribution in [1.29, 1.82) is 0 Å². The van der Waals surface area contributed by atoms with E-state index < -0.39 is 0 Å². The molecule has 0 saturated carbocycles. The first-order chi connectivity index (χ1) is 16.2. The largest absolute Gasteiger partial charge is 0.339 e. The maximum absolute atomic E-state index is 13.3. The zero-order valence-electron chi connectivity index (χ0n) is 19.2. The Morgan fingerprint density at radius 1 is 1.00 bits per heavy atom. The minimum absolute atomic E-state index is 0.145. The van der Waals surface area contributed by atoms with Crippen LogP contribution in [0.2, 0.25) is 0 Å². The first kappa shape index (κ1) is 21.4. The summed E-state index contributed by atoms with van der Waals surface area (Å²) in [7, 11) is 0. The SMILES string of the molecule is Cc1nccn1Cc1cccc(C(=O)N2CCCC(Cc3cccc4cccnc34)CC2)c1. The van der Waals surface area contributed by atoms with Gasteiger partial charge in [0, 0.05) is 49.2 Å². The smallest absolute Gasteiger partial charge is 0.253 e. The first-order valence-corrected chi connectivity index (χ1v) is 11.9. The molecule has 1 unspecified atom stereocenters. The Morgan fingerprint density at radius 2 is 1.88 bits per heavy atom. The Morgan fingerprint density at radius 3 is 2.76 bits per heavy atom. The highest BCUT2D eigenvalue weighted by Gasteiger charge is 2.22. The van der Waals surface area contributed by atoms with Crippen LogP contribution in [0.1, 0.15) is 46.6 Å². The normalized spacial score (nSPS) is 16.6. The number of carbonyl (C=O) groups excluding carboxylic acids is 1. The van der Waals surface area contributed by atoms with Crippen LogP contribution < -0.4 is 0 Å². The van der Waals surface area contributed by atoms with E-state index in [4.69, 9.17) is 0 Å². The number of pyridine rings is 1. The van der Waals surface area contributed by atoms with Crippen LogP contribution in [0.15, 0.2) is 73.2 Å². The molecule has 1 fully saturated rings. The number of aromatic nitrogens is 3. The van der Waals surface area contributed by atoms with Crippen LogP contribution in [0.25, 0.3) is 10.9 Å². The van der Waals surface area contributed by atoms with Gasteiger partial charge in [0.15, 0.2) is 0 Å². The second-order valence-electron chi connectivity index (χ2n) is 9.09. The highest BCUT2D eigenvalue weighted by Crippen LogP contribution is 2.26. The van der Waals surface area contributed by atoms with Gasteiger partial charge in [0.25, 0.3) is 5.91 Å². The summed E-state index contributed by atoms with van der Waals surface area (Å²) in [4.78, 5) is 24.3. The Hall–Kier alpha value is -3.47. The maximum atomic E-state index is 13.3. The topological polar surface area (TPSA) is 51.0 Å². The van der Waals surface area contributed by atoms with Gasteiger partial charge >= 0.3 is 0 Å². The molecule has 0 aliphatic carbocycles. The lowest BCUT2D eigenvalue weighted by Gasteiger charge is -2.21. The van der Waals surface area contributed by atoms with E-state index in [1.54, 1.807) is 0 Å². The number of benzene rings is 2. The summed E-state index contributed by atoms with van der Waals surface area (Å²) in [5, 5.41) is 1.20. The second kappa shape index (κ2) is 9.57. The van der Waals surface area contributed by atoms with Gasteiger partial charge in [0.2, 0.25) is 0 Å². The highest BCUT2D eigenvalue weighted by atomic mass is 16.2. The number of fused-ring (bicyclic) bond motifs is 1. The number of hydrogen-bond acceptors (Lipinski definition) is 3. The molecular weight excluding hydrogens is 408 g/mol. The van der Waals surface area contributed by atoms with Crippen LogP contribution >= 0.6 is 0 Å². The van der Waals surface area contributed by atoms with Crippen molar-refractivity contribution in [3.8, 4) is 0 Å². The summed E-state index contributed by atoms with van der Waals surface area (Å²) < 4.78 is 2.10. The number of aryl methyl sites for hydroxylation is 1. The third-order valence-corrected chi connectivity index (χ3v) is 6.81. The van der Waals surface area contributed by atoms with Crippen molar-refractivity contribution >= 4 is 16.8 Å². The van der Waals surface area contributed by atoms with Gasteiger partial charge in [-0.25, -0.2) is 4.98 Å². The molecule has 1 saturated heterocycles. The summed E-state index contributed by atoms with van der Waals surface area (Å²) in [5.41, 5.74) is 4.34. The predicted molar refractivity (Wildman–Crippen MR) is 131 cm³/mol. The molecule has 0 radical (unpaired) electrons. The van der Waals surface area contributed by atoms with Gasteiger partial charge in [0.1, 0.15) is 5.82 Å². The molecule has 1 amide bonds. The van der Waals surface area contributed by atoms with Gasteiger partial charge in [0.05, 0.1) is 5.52 Å². The van der Waals surface area contributed by atoms with Crippen molar-refractivity contribution in [1.82, 2.24) is 19.4 Å². The van der Waals surface area contributed by atoms with Crippen molar-refractivity contribution in [3.63, 3.8) is 0 Å². The molecule has 0 bridgehead atoms. The third-order valence-electron chi connectivity index (χ3n) is 6.81. The zero-order chi connectivity index (χ0) is 22.6. The number of nitrogens with zero attached hydrogens (tertiary/aromatic N) is 4. The predicted octanol–water partition coefficient (Wildman–Crippen LogP) is 5.27. The minimum Gasteiger partial charge on any atom is -0.339 e. The van der Waals surface area contributed by atoms with E-state index in [1.165, 1.54) is 10.9 Å². The van der Waals surface area contributed by atoms with Gasteiger partial charge in [-0.1, -0.05) is 36.4 Å². The van der Waals surface area contributed by atoms with Gasteiger partial charge in [-0.3, -0.25) is 9.78 Å². The molecule has 5 nitrogen and oxygen atoms in total. The van der Waals surface area contributed by atoms with Crippen molar-refractivity contribution in [2.24, 2.45) is 5.92 Å². The van der Waals surface area contributed by atoms with E-state index in [1.807, 2.05) is 54.7 Å². The van der Waals surface area contributed by atoms with Crippen LogP contribution in [-0.2, 0) is 13.0 Å². The fourth-order valence-corrected chi connectivity index (χ4v) is 4.97. The van der Waals surface area contributed by atoms with Crippen molar-refractivity contribution < 1.29 is 4.79 Å². The van der Waals surface area contributed by atoms with E-state index in [-0.39, 0.29) is 5.91 Å². The van der Waals surface area contributed by atoms with Crippen LogP contribution in [-0.4, -0.2) is 38.4 Å². The molecule has 0 spiro atoms. The van der Waals surface area contributed by atoms with Crippen molar-refractivity contribution in [3.05, 3.63) is 95.7 Å². The van der Waals surface area contributed by atoms with Crippen molar-refractivity contribution in [2.45, 2.75) is 39.2 Å². The molecule has 168 valence electrons. The monoisotopic (exact) mass is 438 g/mol. The fourth-order valence-electron chi connectivity index (χ4n) is 4.97. The number of carbonyl (C=O) groups is 1. The summed E-state index contributed by atoms with van der Waals surface area (Å²) in [6.45, 7) is 4.37. The quantitative estimate of drug-likeness (QED) is 0.426. The molecule has 5 rings (SSSR count). The molecular formula is C28H30N4O. The molecule has 4 aromatic rings. The number of amides is 1. The van der Waals surface area contributed by atoms with Gasteiger partial charge in [-0.05, 0) is 67.9 Å². The Bertz CT molecular complexity index is 1260. The van der Waals surface area contributed by atoms with E-state index in [2.05, 4.69) is 44.9 Å². The standard InChI is InChI=1S/C28H30N4O/c1-21-29-14-17-32(21)20-23-6-2-10-26(19-23)28(33)31-15-5-7-22(12-16-31)18-25-9-3-8-24-11-4-13-30-27(24)25/h2-4,6,8-11,13-14,17,19,22H,5,7,12,15-16,18,20H2,1H3. The molecule has 1 aliphatic heterocycles. The van der Waals surface area contributed by atoms with Gasteiger partial charge in [-0.2, -0.15) is 0 Å². The highest BCUT2D eigenvalue weighted by molar-refractivity contribution is 5.94. The summed E-state index contributed by atoms with van der Waals surface area (Å²) >= 11 is 0. The molecule has 3 heterocycles. The van der Waals surface area contributed by atoms with Gasteiger partial charge < -0.3 is 9.47 Å². The number of para-hydroxylation sites is 1. The summed E-state index contributed by atoms with van der Waals surface area (Å²) in [6.07, 6.45) is 9.91. The number of rotatable bonds is 5. The van der Waals surface area contributed by atoms with Gasteiger partial charge in [-0.15, -0.1) is 0 Å². The van der Waals surface area contributed by atoms with E-state index in [9.17, 15) is 4.79 Å². The minimum atomic E-state index is 0.145. The average molecular weight is 439 g/mol. The Balaban J connectivity index is 1.25.